The molecule has 100 valence electrons. The summed E-state index contributed by atoms with van der Waals surface area (Å²) in [5.74, 6) is -0.173. The highest BCUT2D eigenvalue weighted by molar-refractivity contribution is 7.14. The van der Waals surface area contributed by atoms with Gasteiger partial charge in [0.25, 0.3) is 5.91 Å². The molecule has 0 aliphatic heterocycles. The van der Waals surface area contributed by atoms with Gasteiger partial charge in [-0.3, -0.25) is 9.78 Å². The van der Waals surface area contributed by atoms with Gasteiger partial charge in [-0.1, -0.05) is 6.07 Å². The molecule has 0 saturated carbocycles. The van der Waals surface area contributed by atoms with Gasteiger partial charge in [-0.05, 0) is 23.6 Å². The molecule has 0 saturated heterocycles. The third-order valence-corrected chi connectivity index (χ3v) is 4.24. The van der Waals surface area contributed by atoms with E-state index in [1.54, 1.807) is 22.9 Å². The van der Waals surface area contributed by atoms with Crippen LogP contribution in [0.25, 0.3) is 10.6 Å². The minimum atomic E-state index is -0.173. The predicted octanol–water partition coefficient (Wildman–Crippen LogP) is 3.20. The summed E-state index contributed by atoms with van der Waals surface area (Å²) in [6, 6.07) is 7.61. The van der Waals surface area contributed by atoms with Gasteiger partial charge in [0.15, 0.2) is 0 Å². The zero-order valence-corrected chi connectivity index (χ0v) is 12.1. The summed E-state index contributed by atoms with van der Waals surface area (Å²) in [4.78, 5) is 20.5. The summed E-state index contributed by atoms with van der Waals surface area (Å²) < 4.78 is 0. The quantitative estimate of drug-likeness (QED) is 0.805. The number of nitrogens with zero attached hydrogens (tertiary/aromatic N) is 2. The second kappa shape index (κ2) is 5.94. The second-order valence-corrected chi connectivity index (χ2v) is 5.69. The summed E-state index contributed by atoms with van der Waals surface area (Å²) in [7, 11) is 0. The Morgan fingerprint density at radius 2 is 2.20 bits per heavy atom. The second-order valence-electron chi connectivity index (χ2n) is 4.05. The van der Waals surface area contributed by atoms with Crippen molar-refractivity contribution >= 4 is 28.6 Å². The third kappa shape index (κ3) is 2.92. The first kappa shape index (κ1) is 13.0. The molecule has 1 N–H and O–H groups in total. The maximum atomic E-state index is 12.0. The van der Waals surface area contributed by atoms with Crippen LogP contribution in [0.1, 0.15) is 16.2 Å². The molecule has 0 atom stereocenters. The van der Waals surface area contributed by atoms with Crippen molar-refractivity contribution in [2.24, 2.45) is 0 Å². The summed E-state index contributed by atoms with van der Waals surface area (Å²) in [6.45, 7) is 0.408. The summed E-state index contributed by atoms with van der Waals surface area (Å²) in [5, 5.41) is 9.49. The van der Waals surface area contributed by atoms with Gasteiger partial charge in [-0.25, -0.2) is 4.98 Å². The number of rotatable bonds is 4. The monoisotopic (exact) mass is 301 g/mol. The number of thiophene rings is 1. The standard InChI is InChI=1S/C14H11N3OS2/c18-13(16-7-11-3-1-2-5-15-11)12-9-20-14(17-12)10-4-6-19-8-10/h1-6,8-9H,7H2,(H,16,18). The molecule has 3 rings (SSSR count). The van der Waals surface area contributed by atoms with Crippen molar-refractivity contribution in [3.8, 4) is 10.6 Å². The van der Waals surface area contributed by atoms with E-state index in [0.29, 0.717) is 12.2 Å². The lowest BCUT2D eigenvalue weighted by Crippen LogP contribution is -2.23. The Bertz CT molecular complexity index is 692. The van der Waals surface area contributed by atoms with Crippen molar-refractivity contribution in [1.82, 2.24) is 15.3 Å². The Hall–Kier alpha value is -2.05. The number of pyridine rings is 1. The van der Waals surface area contributed by atoms with Crippen LogP contribution in [0, 0.1) is 0 Å². The van der Waals surface area contributed by atoms with Crippen molar-refractivity contribution in [2.45, 2.75) is 6.54 Å². The van der Waals surface area contributed by atoms with E-state index >= 15 is 0 Å². The van der Waals surface area contributed by atoms with Crippen LogP contribution in [0.4, 0.5) is 0 Å². The van der Waals surface area contributed by atoms with E-state index < -0.39 is 0 Å². The number of aromatic nitrogens is 2. The third-order valence-electron chi connectivity index (χ3n) is 2.66. The molecule has 20 heavy (non-hydrogen) atoms. The van der Waals surface area contributed by atoms with Gasteiger partial charge < -0.3 is 5.32 Å². The zero-order chi connectivity index (χ0) is 13.8. The van der Waals surface area contributed by atoms with E-state index in [1.807, 2.05) is 35.0 Å². The number of amides is 1. The summed E-state index contributed by atoms with van der Waals surface area (Å²) >= 11 is 3.09. The number of thiazole rings is 1. The van der Waals surface area contributed by atoms with Crippen LogP contribution in [-0.4, -0.2) is 15.9 Å². The number of hydrogen-bond donors (Lipinski definition) is 1. The zero-order valence-electron chi connectivity index (χ0n) is 10.4. The molecule has 3 aromatic heterocycles. The lowest BCUT2D eigenvalue weighted by atomic mass is 10.3. The first-order valence-electron chi connectivity index (χ1n) is 5.99. The Balaban J connectivity index is 1.66. The van der Waals surface area contributed by atoms with Gasteiger partial charge in [-0.2, -0.15) is 11.3 Å². The van der Waals surface area contributed by atoms with Gasteiger partial charge in [0.1, 0.15) is 10.7 Å². The van der Waals surface area contributed by atoms with Gasteiger partial charge >= 0.3 is 0 Å². The topological polar surface area (TPSA) is 54.9 Å². The Labute approximate surface area is 124 Å². The lowest BCUT2D eigenvalue weighted by Gasteiger charge is -2.01. The van der Waals surface area contributed by atoms with Crippen LogP contribution >= 0.6 is 22.7 Å². The molecule has 0 bridgehead atoms. The van der Waals surface area contributed by atoms with Crippen LogP contribution in [-0.2, 0) is 6.54 Å². The molecule has 0 fully saturated rings. The number of carbonyl (C=O) groups excluding carboxylic acids is 1. The fourth-order valence-corrected chi connectivity index (χ4v) is 3.17. The lowest BCUT2D eigenvalue weighted by molar-refractivity contribution is 0.0946. The predicted molar refractivity (Wildman–Crippen MR) is 80.8 cm³/mol. The van der Waals surface area contributed by atoms with Crippen molar-refractivity contribution in [1.29, 1.82) is 0 Å². The molecule has 6 heteroatoms. The van der Waals surface area contributed by atoms with E-state index in [-0.39, 0.29) is 5.91 Å². The number of hydrogen-bond acceptors (Lipinski definition) is 5. The smallest absolute Gasteiger partial charge is 0.271 e. The first-order valence-corrected chi connectivity index (χ1v) is 7.81. The molecular formula is C14H11N3OS2. The van der Waals surface area contributed by atoms with Gasteiger partial charge in [0.2, 0.25) is 0 Å². The van der Waals surface area contributed by atoms with Gasteiger partial charge in [0, 0.05) is 22.5 Å². The highest BCUT2D eigenvalue weighted by atomic mass is 32.1. The minimum Gasteiger partial charge on any atom is -0.345 e. The Morgan fingerprint density at radius 3 is 2.95 bits per heavy atom. The van der Waals surface area contributed by atoms with Crippen LogP contribution in [0.5, 0.6) is 0 Å². The molecule has 0 radical (unpaired) electrons. The molecule has 0 spiro atoms. The van der Waals surface area contributed by atoms with E-state index in [0.717, 1.165) is 16.3 Å². The Morgan fingerprint density at radius 1 is 1.25 bits per heavy atom. The van der Waals surface area contributed by atoms with Crippen molar-refractivity contribution in [3.05, 3.63) is 58.0 Å². The fourth-order valence-electron chi connectivity index (χ4n) is 1.66. The SMILES string of the molecule is O=C(NCc1ccccn1)c1csc(-c2ccsc2)n1. The molecule has 0 aliphatic carbocycles. The number of nitrogens with one attached hydrogen (secondary N) is 1. The van der Waals surface area contributed by atoms with E-state index in [9.17, 15) is 4.79 Å². The van der Waals surface area contributed by atoms with Crippen molar-refractivity contribution in [3.63, 3.8) is 0 Å². The van der Waals surface area contributed by atoms with Gasteiger partial charge in [0.05, 0.1) is 12.2 Å². The molecule has 0 aromatic carbocycles. The molecule has 3 aromatic rings. The molecule has 0 unspecified atom stereocenters. The highest BCUT2D eigenvalue weighted by Crippen LogP contribution is 2.25. The first-order chi connectivity index (χ1) is 9.83. The van der Waals surface area contributed by atoms with Crippen molar-refractivity contribution < 1.29 is 4.79 Å². The van der Waals surface area contributed by atoms with Crippen LogP contribution in [0.3, 0.4) is 0 Å². The average molecular weight is 301 g/mol. The van der Waals surface area contributed by atoms with Crippen LogP contribution in [0.15, 0.2) is 46.6 Å². The Kier molecular flexibility index (Phi) is 3.85. The van der Waals surface area contributed by atoms with Crippen molar-refractivity contribution in [2.75, 3.05) is 0 Å². The largest absolute Gasteiger partial charge is 0.345 e. The van der Waals surface area contributed by atoms with Gasteiger partial charge in [-0.15, -0.1) is 11.3 Å². The molecule has 1 amide bonds. The summed E-state index contributed by atoms with van der Waals surface area (Å²) in [5.41, 5.74) is 2.34. The summed E-state index contributed by atoms with van der Waals surface area (Å²) in [6.07, 6.45) is 1.71. The van der Waals surface area contributed by atoms with Crippen LogP contribution in [0.2, 0.25) is 0 Å². The molecule has 3 heterocycles. The van der Waals surface area contributed by atoms with E-state index in [1.165, 1.54) is 11.3 Å². The maximum Gasteiger partial charge on any atom is 0.271 e. The average Bonchev–Trinajstić information content (AvgIpc) is 3.16. The molecule has 0 aliphatic rings. The number of carbonyl (C=O) groups is 1. The molecule has 4 nitrogen and oxygen atoms in total. The normalized spacial score (nSPS) is 10.4. The van der Waals surface area contributed by atoms with E-state index in [4.69, 9.17) is 0 Å². The van der Waals surface area contributed by atoms with Crippen LogP contribution < -0.4 is 5.32 Å². The van der Waals surface area contributed by atoms with E-state index in [2.05, 4.69) is 15.3 Å². The minimum absolute atomic E-state index is 0.173. The fraction of sp³-hybridized carbons (Fsp3) is 0.0714. The molecular weight excluding hydrogens is 290 g/mol. The maximum absolute atomic E-state index is 12.0. The highest BCUT2D eigenvalue weighted by Gasteiger charge is 2.11.